The lowest BCUT2D eigenvalue weighted by atomic mass is 10.1. The van der Waals surface area contributed by atoms with Gasteiger partial charge in [-0.3, -0.25) is 13.9 Å². The number of halogens is 2. The Balaban J connectivity index is 1.70. The number of amides is 2. The molecule has 1 aliphatic rings. The standard InChI is InChI=1S/C31H35ClFN3O4S/c1-21-8-15-28(18-22(21)2)36(41(39,40)29-16-11-25(32)12-17-29)20-30(37)35(19-24-9-13-26(33)14-10-24)23(3)31(38)34-27-6-4-5-7-27/h8-18,23,27H,4-7,19-20H2,1-3H3,(H,34,38)/t23-/m1/s1. The number of carbonyl (C=O) groups is 2. The average molecular weight is 600 g/mol. The van der Waals surface area contributed by atoms with E-state index in [0.29, 0.717) is 16.3 Å². The second kappa shape index (κ2) is 13.0. The van der Waals surface area contributed by atoms with Gasteiger partial charge in [-0.05, 0) is 98.8 Å². The molecule has 1 aliphatic carbocycles. The van der Waals surface area contributed by atoms with E-state index >= 15 is 0 Å². The minimum absolute atomic E-state index is 0.000124. The maximum Gasteiger partial charge on any atom is 0.264 e. The lowest BCUT2D eigenvalue weighted by molar-refractivity contribution is -0.139. The van der Waals surface area contributed by atoms with Crippen LogP contribution in [0.2, 0.25) is 5.02 Å². The first kappa shape index (κ1) is 30.5. The number of nitrogens with zero attached hydrogens (tertiary/aromatic N) is 2. The summed E-state index contributed by atoms with van der Waals surface area (Å²) >= 11 is 6.00. The third-order valence-corrected chi connectivity index (χ3v) is 9.63. The lowest BCUT2D eigenvalue weighted by Crippen LogP contribution is -2.52. The molecule has 10 heteroatoms. The molecule has 0 unspecified atom stereocenters. The molecule has 1 saturated carbocycles. The molecular formula is C31H35ClFN3O4S. The zero-order valence-corrected chi connectivity index (χ0v) is 25.0. The van der Waals surface area contributed by atoms with Crippen LogP contribution < -0.4 is 9.62 Å². The molecule has 3 aromatic carbocycles. The fraction of sp³-hybridized carbons (Fsp3) is 0.355. The van der Waals surface area contributed by atoms with Crippen molar-refractivity contribution in [3.63, 3.8) is 0 Å². The molecule has 0 spiro atoms. The van der Waals surface area contributed by atoms with E-state index in [1.54, 1.807) is 37.3 Å². The minimum Gasteiger partial charge on any atom is -0.352 e. The maximum absolute atomic E-state index is 14.0. The summed E-state index contributed by atoms with van der Waals surface area (Å²) in [4.78, 5) is 28.6. The van der Waals surface area contributed by atoms with E-state index in [0.717, 1.165) is 41.1 Å². The zero-order valence-electron chi connectivity index (χ0n) is 23.4. The number of aryl methyl sites for hydroxylation is 2. The summed E-state index contributed by atoms with van der Waals surface area (Å²) in [5.74, 6) is -1.31. The van der Waals surface area contributed by atoms with E-state index in [2.05, 4.69) is 5.32 Å². The molecule has 0 radical (unpaired) electrons. The Morgan fingerprint density at radius 3 is 2.22 bits per heavy atom. The van der Waals surface area contributed by atoms with Gasteiger partial charge < -0.3 is 10.2 Å². The first-order chi connectivity index (χ1) is 19.5. The van der Waals surface area contributed by atoms with Crippen LogP contribution in [0.3, 0.4) is 0 Å². The molecule has 218 valence electrons. The van der Waals surface area contributed by atoms with Crippen molar-refractivity contribution in [2.75, 3.05) is 10.8 Å². The highest BCUT2D eigenvalue weighted by Crippen LogP contribution is 2.27. The summed E-state index contributed by atoms with van der Waals surface area (Å²) in [6.45, 7) is 4.86. The molecule has 41 heavy (non-hydrogen) atoms. The fourth-order valence-electron chi connectivity index (χ4n) is 4.90. The fourth-order valence-corrected chi connectivity index (χ4v) is 6.44. The van der Waals surface area contributed by atoms with Crippen molar-refractivity contribution in [3.05, 3.63) is 94.3 Å². The quantitative estimate of drug-likeness (QED) is 0.321. The Hall–Kier alpha value is -3.43. The van der Waals surface area contributed by atoms with Gasteiger partial charge in [0.05, 0.1) is 10.6 Å². The van der Waals surface area contributed by atoms with E-state index in [9.17, 15) is 22.4 Å². The normalized spacial score (nSPS) is 14.5. The summed E-state index contributed by atoms with van der Waals surface area (Å²) in [5.41, 5.74) is 2.76. The number of nitrogens with one attached hydrogen (secondary N) is 1. The number of benzene rings is 3. The predicted octanol–water partition coefficient (Wildman–Crippen LogP) is 5.77. The molecule has 0 saturated heterocycles. The molecule has 0 heterocycles. The molecule has 1 atom stereocenters. The molecule has 1 fully saturated rings. The first-order valence-corrected chi connectivity index (χ1v) is 15.5. The van der Waals surface area contributed by atoms with E-state index in [4.69, 9.17) is 11.6 Å². The highest BCUT2D eigenvalue weighted by atomic mass is 35.5. The molecule has 2 amide bonds. The summed E-state index contributed by atoms with van der Waals surface area (Å²) < 4.78 is 42.5. The van der Waals surface area contributed by atoms with Crippen LogP contribution in [0.15, 0.2) is 71.6 Å². The van der Waals surface area contributed by atoms with Crippen LogP contribution in [0.25, 0.3) is 0 Å². The van der Waals surface area contributed by atoms with Crippen LogP contribution >= 0.6 is 11.6 Å². The van der Waals surface area contributed by atoms with Crippen LogP contribution in [0.1, 0.15) is 49.3 Å². The van der Waals surface area contributed by atoms with Crippen molar-refractivity contribution in [2.45, 2.75) is 70.0 Å². The second-order valence-electron chi connectivity index (χ2n) is 10.5. The Bertz CT molecular complexity index is 1490. The largest absolute Gasteiger partial charge is 0.352 e. The van der Waals surface area contributed by atoms with E-state index < -0.39 is 34.3 Å². The summed E-state index contributed by atoms with van der Waals surface area (Å²) in [6, 6.07) is 15.7. The van der Waals surface area contributed by atoms with Crippen molar-refractivity contribution in [3.8, 4) is 0 Å². The van der Waals surface area contributed by atoms with Crippen molar-refractivity contribution in [1.82, 2.24) is 10.2 Å². The molecule has 7 nitrogen and oxygen atoms in total. The zero-order chi connectivity index (χ0) is 29.7. The van der Waals surface area contributed by atoms with Crippen molar-refractivity contribution < 1.29 is 22.4 Å². The van der Waals surface area contributed by atoms with Gasteiger partial charge in [0, 0.05) is 17.6 Å². The SMILES string of the molecule is Cc1ccc(N(CC(=O)N(Cc2ccc(F)cc2)[C@H](C)C(=O)NC2CCCC2)S(=O)(=O)c2ccc(Cl)cc2)cc1C. The van der Waals surface area contributed by atoms with Gasteiger partial charge in [-0.2, -0.15) is 0 Å². The first-order valence-electron chi connectivity index (χ1n) is 13.7. The molecule has 4 rings (SSSR count). The molecule has 0 aromatic heterocycles. The molecule has 0 bridgehead atoms. The van der Waals surface area contributed by atoms with Gasteiger partial charge in [-0.25, -0.2) is 12.8 Å². The monoisotopic (exact) mass is 599 g/mol. The second-order valence-corrected chi connectivity index (χ2v) is 12.8. The highest BCUT2D eigenvalue weighted by molar-refractivity contribution is 7.92. The van der Waals surface area contributed by atoms with Crippen molar-refractivity contribution in [1.29, 1.82) is 0 Å². The topological polar surface area (TPSA) is 86.8 Å². The number of anilines is 1. The minimum atomic E-state index is -4.20. The number of carbonyl (C=O) groups excluding carboxylic acids is 2. The van der Waals surface area contributed by atoms with Crippen molar-refractivity contribution in [2.24, 2.45) is 0 Å². The van der Waals surface area contributed by atoms with Crippen LogP contribution in [-0.4, -0.2) is 43.8 Å². The van der Waals surface area contributed by atoms with E-state index in [1.165, 1.54) is 41.3 Å². The van der Waals surface area contributed by atoms with Gasteiger partial charge in [0.25, 0.3) is 10.0 Å². The lowest BCUT2D eigenvalue weighted by Gasteiger charge is -2.32. The third-order valence-electron chi connectivity index (χ3n) is 7.59. The maximum atomic E-state index is 14.0. The van der Waals surface area contributed by atoms with Crippen molar-refractivity contribution >= 4 is 39.1 Å². The number of hydrogen-bond acceptors (Lipinski definition) is 4. The number of hydrogen-bond donors (Lipinski definition) is 1. The summed E-state index contributed by atoms with van der Waals surface area (Å²) in [6.07, 6.45) is 3.82. The third kappa shape index (κ3) is 7.45. The summed E-state index contributed by atoms with van der Waals surface area (Å²) in [7, 11) is -4.20. The number of sulfonamides is 1. The Morgan fingerprint density at radius 2 is 1.61 bits per heavy atom. The Labute approximate surface area is 246 Å². The molecular weight excluding hydrogens is 565 g/mol. The molecule has 0 aliphatic heterocycles. The van der Waals surface area contributed by atoms with Gasteiger partial charge in [0.2, 0.25) is 11.8 Å². The summed E-state index contributed by atoms with van der Waals surface area (Å²) in [5, 5.41) is 3.41. The van der Waals surface area contributed by atoms with Gasteiger partial charge in [0.15, 0.2) is 0 Å². The highest BCUT2D eigenvalue weighted by Gasteiger charge is 2.33. The van der Waals surface area contributed by atoms with Crippen LogP contribution in [0.5, 0.6) is 0 Å². The van der Waals surface area contributed by atoms with Gasteiger partial charge in [-0.1, -0.05) is 42.6 Å². The predicted molar refractivity (Wildman–Crippen MR) is 159 cm³/mol. The Morgan fingerprint density at radius 1 is 0.976 bits per heavy atom. The van der Waals surface area contributed by atoms with Crippen LogP contribution in [-0.2, 0) is 26.2 Å². The molecule has 1 N–H and O–H groups in total. The number of rotatable bonds is 10. The Kier molecular flexibility index (Phi) is 9.71. The van der Waals surface area contributed by atoms with Gasteiger partial charge >= 0.3 is 0 Å². The van der Waals surface area contributed by atoms with E-state index in [1.807, 2.05) is 13.8 Å². The van der Waals surface area contributed by atoms with Crippen LogP contribution in [0.4, 0.5) is 10.1 Å². The average Bonchev–Trinajstić information content (AvgIpc) is 3.45. The van der Waals surface area contributed by atoms with Crippen LogP contribution in [0, 0.1) is 19.7 Å². The van der Waals surface area contributed by atoms with Gasteiger partial charge in [0.1, 0.15) is 18.4 Å². The smallest absolute Gasteiger partial charge is 0.264 e. The van der Waals surface area contributed by atoms with E-state index in [-0.39, 0.29) is 23.4 Å². The van der Waals surface area contributed by atoms with Gasteiger partial charge in [-0.15, -0.1) is 0 Å². The molecule has 3 aromatic rings.